The summed E-state index contributed by atoms with van der Waals surface area (Å²) in [5.41, 5.74) is 1.11. The van der Waals surface area contributed by atoms with Gasteiger partial charge in [0.2, 0.25) is 0 Å². The number of hydrogen-bond donors (Lipinski definition) is 1. The molecule has 7 atom stereocenters. The molecule has 0 amide bonds. The topological polar surface area (TPSA) is 54.4 Å². The number of hydrogen-bond acceptors (Lipinski definition) is 3. The number of carbonyl (C=O) groups is 2. The van der Waals surface area contributed by atoms with Crippen molar-refractivity contribution < 1.29 is 14.7 Å². The lowest BCUT2D eigenvalue weighted by molar-refractivity contribution is -0.136. The summed E-state index contributed by atoms with van der Waals surface area (Å²) in [6, 6.07) is 0. The third-order valence-corrected chi connectivity index (χ3v) is 8.53. The van der Waals surface area contributed by atoms with Crippen LogP contribution in [0.25, 0.3) is 0 Å². The Morgan fingerprint density at radius 1 is 1.21 bits per heavy atom. The highest BCUT2D eigenvalue weighted by atomic mass is 16.3. The Bertz CT molecular complexity index is 621. The van der Waals surface area contributed by atoms with Gasteiger partial charge in [-0.3, -0.25) is 9.59 Å². The van der Waals surface area contributed by atoms with Crippen LogP contribution in [0, 0.1) is 34.5 Å². The zero-order chi connectivity index (χ0) is 17.3. The molecule has 1 N–H and O–H groups in total. The minimum Gasteiger partial charge on any atom is -0.392 e. The number of allylic oxidation sites excluding steroid dienone is 1. The molecule has 0 bridgehead atoms. The van der Waals surface area contributed by atoms with Crippen LogP contribution < -0.4 is 0 Å². The minimum absolute atomic E-state index is 0.143. The molecule has 3 nitrogen and oxygen atoms in total. The zero-order valence-corrected chi connectivity index (χ0v) is 15.2. The third-order valence-electron chi connectivity index (χ3n) is 8.53. The average Bonchev–Trinajstić information content (AvgIpc) is 2.86. The van der Waals surface area contributed by atoms with Gasteiger partial charge in [-0.1, -0.05) is 25.5 Å². The summed E-state index contributed by atoms with van der Waals surface area (Å²) < 4.78 is 0. The molecule has 0 heterocycles. The van der Waals surface area contributed by atoms with Gasteiger partial charge in [0.25, 0.3) is 0 Å². The summed E-state index contributed by atoms with van der Waals surface area (Å²) in [5.74, 6) is 2.38. The fraction of sp³-hybridized carbons (Fsp3) is 0.810. The predicted octanol–water partition coefficient (Wildman–Crippen LogP) is 3.69. The largest absolute Gasteiger partial charge is 0.392 e. The number of ketones is 2. The van der Waals surface area contributed by atoms with E-state index in [0.29, 0.717) is 36.4 Å². The number of rotatable bonds is 1. The maximum Gasteiger partial charge on any atom is 0.139 e. The fourth-order valence-electron chi connectivity index (χ4n) is 7.20. The monoisotopic (exact) mass is 330 g/mol. The summed E-state index contributed by atoms with van der Waals surface area (Å²) in [4.78, 5) is 24.1. The van der Waals surface area contributed by atoms with Gasteiger partial charge in [-0.15, -0.1) is 0 Å². The van der Waals surface area contributed by atoms with Crippen molar-refractivity contribution in [2.24, 2.45) is 34.5 Å². The normalized spacial score (nSPS) is 50.6. The first-order chi connectivity index (χ1) is 11.3. The van der Waals surface area contributed by atoms with Crippen LogP contribution in [0.5, 0.6) is 0 Å². The van der Waals surface area contributed by atoms with Crippen LogP contribution in [0.2, 0.25) is 0 Å². The molecule has 3 saturated carbocycles. The molecule has 4 aliphatic rings. The van der Waals surface area contributed by atoms with Gasteiger partial charge in [-0.2, -0.15) is 0 Å². The SMILES string of the molecule is CC(=O)[C@H]1CC[C@H]2[C@@H]3CC=C4CC(=O)C[C@H](O)[C@]4(C)[C@H]3CC[C@]12C. The van der Waals surface area contributed by atoms with E-state index < -0.39 is 6.10 Å². The molecule has 0 spiro atoms. The van der Waals surface area contributed by atoms with Gasteiger partial charge in [0.1, 0.15) is 11.6 Å². The van der Waals surface area contributed by atoms with Crippen molar-refractivity contribution in [2.75, 3.05) is 0 Å². The van der Waals surface area contributed by atoms with E-state index in [2.05, 4.69) is 19.9 Å². The number of aliphatic hydroxyl groups excluding tert-OH is 1. The van der Waals surface area contributed by atoms with Crippen molar-refractivity contribution in [3.63, 3.8) is 0 Å². The first kappa shape index (κ1) is 16.5. The zero-order valence-electron chi connectivity index (χ0n) is 15.2. The molecule has 0 aromatic rings. The van der Waals surface area contributed by atoms with E-state index in [9.17, 15) is 14.7 Å². The molecule has 0 unspecified atom stereocenters. The van der Waals surface area contributed by atoms with E-state index in [0.717, 1.165) is 32.1 Å². The average molecular weight is 330 g/mol. The first-order valence-corrected chi connectivity index (χ1v) is 9.68. The molecule has 0 aliphatic heterocycles. The molecule has 0 aromatic carbocycles. The van der Waals surface area contributed by atoms with Crippen LogP contribution >= 0.6 is 0 Å². The van der Waals surface area contributed by atoms with Crippen molar-refractivity contribution in [3.8, 4) is 0 Å². The Morgan fingerprint density at radius 2 is 1.96 bits per heavy atom. The van der Waals surface area contributed by atoms with Gasteiger partial charge in [0.05, 0.1) is 6.10 Å². The van der Waals surface area contributed by atoms with Gasteiger partial charge in [-0.25, -0.2) is 0 Å². The molecule has 4 aliphatic carbocycles. The van der Waals surface area contributed by atoms with E-state index in [1.54, 1.807) is 6.92 Å². The first-order valence-electron chi connectivity index (χ1n) is 9.68. The second-order valence-corrected chi connectivity index (χ2v) is 9.35. The highest BCUT2D eigenvalue weighted by Crippen LogP contribution is 2.66. The van der Waals surface area contributed by atoms with Crippen LogP contribution in [-0.4, -0.2) is 22.8 Å². The number of Topliss-reactive ketones (excluding diaryl/α,β-unsaturated/α-hetero) is 2. The number of fused-ring (bicyclic) bond motifs is 5. The highest BCUT2D eigenvalue weighted by Gasteiger charge is 2.61. The van der Waals surface area contributed by atoms with Crippen molar-refractivity contribution in [1.29, 1.82) is 0 Å². The summed E-state index contributed by atoms with van der Waals surface area (Å²) in [6.07, 6.45) is 7.97. The molecule has 4 rings (SSSR count). The van der Waals surface area contributed by atoms with Crippen LogP contribution in [0.4, 0.5) is 0 Å². The van der Waals surface area contributed by atoms with Crippen LogP contribution in [0.1, 0.15) is 65.7 Å². The van der Waals surface area contributed by atoms with Gasteiger partial charge in [0.15, 0.2) is 0 Å². The van der Waals surface area contributed by atoms with Crippen molar-refractivity contribution in [2.45, 2.75) is 71.8 Å². The lowest BCUT2D eigenvalue weighted by Crippen LogP contribution is -2.55. The molecule has 0 radical (unpaired) electrons. The molecular weight excluding hydrogens is 300 g/mol. The maximum absolute atomic E-state index is 12.2. The highest BCUT2D eigenvalue weighted by molar-refractivity contribution is 5.83. The quantitative estimate of drug-likeness (QED) is 0.746. The minimum atomic E-state index is -0.535. The summed E-state index contributed by atoms with van der Waals surface area (Å²) in [7, 11) is 0. The van der Waals surface area contributed by atoms with Crippen molar-refractivity contribution >= 4 is 11.6 Å². The number of aliphatic hydroxyl groups is 1. The Balaban J connectivity index is 1.70. The van der Waals surface area contributed by atoms with Gasteiger partial charge >= 0.3 is 0 Å². The van der Waals surface area contributed by atoms with Gasteiger partial charge in [-0.05, 0) is 62.2 Å². The Kier molecular flexibility index (Phi) is 3.62. The summed E-state index contributed by atoms with van der Waals surface area (Å²) in [6.45, 7) is 6.31. The molecule has 3 fully saturated rings. The maximum atomic E-state index is 12.2. The third kappa shape index (κ3) is 2.00. The van der Waals surface area contributed by atoms with E-state index in [1.807, 2.05) is 0 Å². The predicted molar refractivity (Wildman–Crippen MR) is 92.3 cm³/mol. The summed E-state index contributed by atoms with van der Waals surface area (Å²) >= 11 is 0. The van der Waals surface area contributed by atoms with Crippen LogP contribution in [-0.2, 0) is 9.59 Å². The van der Waals surface area contributed by atoms with E-state index in [-0.39, 0.29) is 22.5 Å². The summed E-state index contributed by atoms with van der Waals surface area (Å²) in [5, 5.41) is 10.8. The lowest BCUT2D eigenvalue weighted by atomic mass is 9.46. The standard InChI is InChI=1S/C21H30O3/c1-12(22)16-6-7-17-15-5-4-13-10-14(23)11-19(24)21(13,3)18(15)8-9-20(16,17)2/h4,15-19,24H,5-11H2,1-3H3/t15-,16+,17-,18-,19-,20+,21-/m0/s1. The van der Waals surface area contributed by atoms with Crippen molar-refractivity contribution in [3.05, 3.63) is 11.6 Å². The van der Waals surface area contributed by atoms with Crippen LogP contribution in [0.15, 0.2) is 11.6 Å². The molecule has 0 aromatic heterocycles. The molecule has 132 valence electrons. The Hall–Kier alpha value is -0.960. The fourth-order valence-corrected chi connectivity index (χ4v) is 7.20. The Morgan fingerprint density at radius 3 is 2.67 bits per heavy atom. The van der Waals surface area contributed by atoms with Gasteiger partial charge in [0, 0.05) is 24.2 Å². The van der Waals surface area contributed by atoms with E-state index >= 15 is 0 Å². The molecular formula is C21H30O3. The smallest absolute Gasteiger partial charge is 0.139 e. The van der Waals surface area contributed by atoms with E-state index in [4.69, 9.17) is 0 Å². The second kappa shape index (κ2) is 5.27. The lowest BCUT2D eigenvalue weighted by Gasteiger charge is -2.58. The molecule has 24 heavy (non-hydrogen) atoms. The van der Waals surface area contributed by atoms with Crippen molar-refractivity contribution in [1.82, 2.24) is 0 Å². The molecule has 0 saturated heterocycles. The Labute approximate surface area is 144 Å². The van der Waals surface area contributed by atoms with E-state index in [1.165, 1.54) is 5.57 Å². The van der Waals surface area contributed by atoms with Crippen LogP contribution in [0.3, 0.4) is 0 Å². The second-order valence-electron chi connectivity index (χ2n) is 9.35. The molecule has 3 heteroatoms. The van der Waals surface area contributed by atoms with Gasteiger partial charge < -0.3 is 5.11 Å². The number of carbonyl (C=O) groups excluding carboxylic acids is 2.